The smallest absolute Gasteiger partial charge is 0.350 e. The average Bonchev–Trinajstić information content (AvgIpc) is 3.39. The fourth-order valence-corrected chi connectivity index (χ4v) is 6.10. The van der Waals surface area contributed by atoms with Crippen LogP contribution < -0.4 is 9.62 Å². The summed E-state index contributed by atoms with van der Waals surface area (Å²) in [5.41, 5.74) is 1.22. The van der Waals surface area contributed by atoms with Crippen molar-refractivity contribution in [3.05, 3.63) is 94.0 Å². The molecule has 0 bridgehead atoms. The highest BCUT2D eigenvalue weighted by Gasteiger charge is 2.35. The molecule has 0 saturated carbocycles. The van der Waals surface area contributed by atoms with Crippen molar-refractivity contribution in [2.45, 2.75) is 43.9 Å². The number of rotatable bonds is 9. The molecular formula is C28H29ClF3N3O3S. The average molecular weight is 580 g/mol. The largest absolute Gasteiger partial charge is 0.417 e. The van der Waals surface area contributed by atoms with Gasteiger partial charge in [-0.15, -0.1) is 0 Å². The van der Waals surface area contributed by atoms with Crippen LogP contribution in [0.4, 0.5) is 18.9 Å². The van der Waals surface area contributed by atoms with Gasteiger partial charge in [0.25, 0.3) is 10.0 Å². The molecule has 1 aliphatic rings. The van der Waals surface area contributed by atoms with Crippen molar-refractivity contribution in [3.8, 4) is 0 Å². The highest BCUT2D eigenvalue weighted by molar-refractivity contribution is 7.92. The van der Waals surface area contributed by atoms with Crippen LogP contribution in [-0.4, -0.2) is 38.9 Å². The van der Waals surface area contributed by atoms with Gasteiger partial charge in [0.2, 0.25) is 5.91 Å². The van der Waals surface area contributed by atoms with Crippen LogP contribution in [0.1, 0.15) is 35.1 Å². The predicted molar refractivity (Wildman–Crippen MR) is 145 cm³/mol. The van der Waals surface area contributed by atoms with Gasteiger partial charge in [-0.1, -0.05) is 53.6 Å². The number of benzene rings is 3. The summed E-state index contributed by atoms with van der Waals surface area (Å²) in [5, 5.41) is 2.13. The Kier molecular flexibility index (Phi) is 8.88. The van der Waals surface area contributed by atoms with Crippen molar-refractivity contribution in [1.82, 2.24) is 10.2 Å². The van der Waals surface area contributed by atoms with E-state index in [0.29, 0.717) is 10.4 Å². The summed E-state index contributed by atoms with van der Waals surface area (Å²) in [5.74, 6) is -0.667. The van der Waals surface area contributed by atoms with Crippen LogP contribution in [0, 0.1) is 6.92 Å². The molecule has 3 aromatic carbocycles. The second-order valence-electron chi connectivity index (χ2n) is 9.57. The second kappa shape index (κ2) is 12.0. The number of hydrogen-bond acceptors (Lipinski definition) is 4. The summed E-state index contributed by atoms with van der Waals surface area (Å²) >= 11 is 5.75. The van der Waals surface area contributed by atoms with Crippen molar-refractivity contribution >= 4 is 33.2 Å². The van der Waals surface area contributed by atoms with E-state index in [1.165, 1.54) is 25.0 Å². The van der Waals surface area contributed by atoms with Gasteiger partial charge >= 0.3 is 6.18 Å². The van der Waals surface area contributed by atoms with Crippen LogP contribution in [0.5, 0.6) is 0 Å². The standard InChI is InChI=1S/C28H29ClF3N3O3S/c1-20-7-10-24(11-8-20)39(37,38)35(23-9-12-26(29)25(16-23)28(30,31)32)19-27(36)33-17-21-5-4-6-22(15-21)18-34-13-2-3-14-34/h4-12,15-16H,2-3,13-14,17-19H2,1H3,(H,33,36). The van der Waals surface area contributed by atoms with Gasteiger partial charge in [-0.2, -0.15) is 13.2 Å². The summed E-state index contributed by atoms with van der Waals surface area (Å²) in [6.07, 6.45) is -2.46. The van der Waals surface area contributed by atoms with E-state index in [2.05, 4.69) is 10.2 Å². The lowest BCUT2D eigenvalue weighted by Crippen LogP contribution is -2.40. The van der Waals surface area contributed by atoms with Gasteiger partial charge < -0.3 is 5.32 Å². The number of halogens is 4. The maximum atomic E-state index is 13.6. The van der Waals surface area contributed by atoms with E-state index in [-0.39, 0.29) is 17.1 Å². The molecule has 0 aromatic heterocycles. The quantitative estimate of drug-likeness (QED) is 0.349. The predicted octanol–water partition coefficient (Wildman–Crippen LogP) is 5.77. The fraction of sp³-hybridized carbons (Fsp3) is 0.321. The molecule has 0 spiro atoms. The molecule has 1 amide bonds. The normalized spacial score (nSPS) is 14.4. The van der Waals surface area contributed by atoms with E-state index in [4.69, 9.17) is 11.6 Å². The number of hydrogen-bond donors (Lipinski definition) is 1. The Balaban J connectivity index is 1.56. The molecule has 4 rings (SSSR count). The molecule has 0 aliphatic carbocycles. The maximum absolute atomic E-state index is 13.6. The van der Waals surface area contributed by atoms with Crippen LogP contribution in [0.25, 0.3) is 0 Å². The first-order valence-electron chi connectivity index (χ1n) is 12.5. The Labute approximate surface area is 231 Å². The molecule has 1 saturated heterocycles. The highest BCUT2D eigenvalue weighted by atomic mass is 35.5. The number of aryl methyl sites for hydroxylation is 1. The lowest BCUT2D eigenvalue weighted by atomic mass is 10.1. The third-order valence-electron chi connectivity index (χ3n) is 6.53. The maximum Gasteiger partial charge on any atom is 0.417 e. The second-order valence-corrected chi connectivity index (χ2v) is 11.8. The third kappa shape index (κ3) is 7.32. The number of carbonyl (C=O) groups is 1. The molecule has 1 heterocycles. The van der Waals surface area contributed by atoms with Gasteiger partial charge in [0.05, 0.1) is 21.2 Å². The number of nitrogens with one attached hydrogen (secondary N) is 1. The van der Waals surface area contributed by atoms with Crippen LogP contribution >= 0.6 is 11.6 Å². The lowest BCUT2D eigenvalue weighted by molar-refractivity contribution is -0.137. The number of sulfonamides is 1. The Morgan fingerprint density at radius 3 is 2.33 bits per heavy atom. The molecule has 3 aromatic rings. The summed E-state index contributed by atoms with van der Waals surface area (Å²) in [7, 11) is -4.39. The molecule has 1 fully saturated rings. The topological polar surface area (TPSA) is 69.7 Å². The first kappa shape index (κ1) is 28.9. The fourth-order valence-electron chi connectivity index (χ4n) is 4.46. The zero-order valence-corrected chi connectivity index (χ0v) is 22.9. The number of anilines is 1. The van der Waals surface area contributed by atoms with Gasteiger partial charge in [0, 0.05) is 13.1 Å². The summed E-state index contributed by atoms with van der Waals surface area (Å²) < 4.78 is 68.4. The van der Waals surface area contributed by atoms with Gasteiger partial charge in [0.15, 0.2) is 0 Å². The van der Waals surface area contributed by atoms with Crippen molar-refractivity contribution < 1.29 is 26.4 Å². The van der Waals surface area contributed by atoms with Crippen LogP contribution in [0.15, 0.2) is 71.6 Å². The molecule has 6 nitrogen and oxygen atoms in total. The summed E-state index contributed by atoms with van der Waals surface area (Å²) in [4.78, 5) is 15.2. The molecule has 11 heteroatoms. The number of alkyl halides is 3. The minimum atomic E-state index is -4.81. The third-order valence-corrected chi connectivity index (χ3v) is 8.64. The van der Waals surface area contributed by atoms with Crippen molar-refractivity contribution in [2.75, 3.05) is 23.9 Å². The molecule has 208 valence electrons. The number of likely N-dealkylation sites (tertiary alicyclic amines) is 1. The van der Waals surface area contributed by atoms with Gasteiger partial charge in [-0.05, 0) is 74.3 Å². The van der Waals surface area contributed by atoms with Crippen LogP contribution in [0.2, 0.25) is 5.02 Å². The van der Waals surface area contributed by atoms with Crippen LogP contribution in [-0.2, 0) is 34.1 Å². The number of amides is 1. The van der Waals surface area contributed by atoms with Crippen molar-refractivity contribution in [2.24, 2.45) is 0 Å². The van der Waals surface area contributed by atoms with Gasteiger partial charge in [0.1, 0.15) is 6.54 Å². The van der Waals surface area contributed by atoms with Crippen molar-refractivity contribution in [1.29, 1.82) is 0 Å². The van der Waals surface area contributed by atoms with Gasteiger partial charge in [-0.25, -0.2) is 8.42 Å². The van der Waals surface area contributed by atoms with E-state index in [1.807, 2.05) is 24.3 Å². The zero-order chi connectivity index (χ0) is 28.2. The van der Waals surface area contributed by atoms with E-state index < -0.39 is 39.2 Å². The molecule has 0 unspecified atom stereocenters. The number of nitrogens with zero attached hydrogens (tertiary/aromatic N) is 2. The SMILES string of the molecule is Cc1ccc(S(=O)(=O)N(CC(=O)NCc2cccc(CN3CCCC3)c2)c2ccc(Cl)c(C(F)(F)F)c2)cc1. The molecule has 1 N–H and O–H groups in total. The molecule has 1 aliphatic heterocycles. The Hall–Kier alpha value is -3.08. The minimum Gasteiger partial charge on any atom is -0.350 e. The minimum absolute atomic E-state index is 0.138. The summed E-state index contributed by atoms with van der Waals surface area (Å²) in [6.45, 7) is 4.10. The Bertz CT molecular complexity index is 1420. The van der Waals surface area contributed by atoms with Crippen molar-refractivity contribution in [3.63, 3.8) is 0 Å². The van der Waals surface area contributed by atoms with Gasteiger partial charge in [-0.3, -0.25) is 14.0 Å². The molecular weight excluding hydrogens is 551 g/mol. The van der Waals surface area contributed by atoms with Crippen LogP contribution in [0.3, 0.4) is 0 Å². The monoisotopic (exact) mass is 579 g/mol. The molecule has 0 atom stereocenters. The van der Waals surface area contributed by atoms with E-state index in [1.54, 1.807) is 19.1 Å². The van der Waals surface area contributed by atoms with E-state index in [9.17, 15) is 26.4 Å². The highest BCUT2D eigenvalue weighted by Crippen LogP contribution is 2.38. The Morgan fingerprint density at radius 1 is 1.00 bits per heavy atom. The molecule has 39 heavy (non-hydrogen) atoms. The lowest BCUT2D eigenvalue weighted by Gasteiger charge is -2.25. The number of carbonyl (C=O) groups excluding carboxylic acids is 1. The first-order chi connectivity index (χ1) is 18.4. The summed E-state index contributed by atoms with van der Waals surface area (Å²) in [6, 6.07) is 16.3. The first-order valence-corrected chi connectivity index (χ1v) is 14.3. The van der Waals surface area contributed by atoms with E-state index >= 15 is 0 Å². The zero-order valence-electron chi connectivity index (χ0n) is 21.3. The Morgan fingerprint density at radius 2 is 1.67 bits per heavy atom. The van der Waals surface area contributed by atoms with E-state index in [0.717, 1.165) is 48.5 Å². The molecule has 0 radical (unpaired) electrons.